The molecule has 0 saturated heterocycles. The molecule has 0 heterocycles. The zero-order chi connectivity index (χ0) is 32.7. The van der Waals surface area contributed by atoms with Crippen LogP contribution < -0.4 is 30.6 Å². The Hall–Kier alpha value is -2.36. The van der Waals surface area contributed by atoms with Crippen molar-refractivity contribution in [3.05, 3.63) is 34.9 Å². The molecule has 0 bridgehead atoms. The van der Waals surface area contributed by atoms with E-state index in [2.05, 4.69) is 9.88 Å². The first-order chi connectivity index (χ1) is 18.7. The predicted octanol–water partition coefficient (Wildman–Crippen LogP) is -3.79. The molecule has 0 aliphatic rings. The number of carbonyl (C=O) groups excluding carboxylic acids is 6. The molecule has 0 unspecified atom stereocenters. The number of carboxylic acid groups (broad SMARTS) is 6. The van der Waals surface area contributed by atoms with Crippen molar-refractivity contribution < 1.29 is 59.4 Å². The van der Waals surface area contributed by atoms with E-state index in [9.17, 15) is 59.4 Å². The molecule has 0 fully saturated rings. The minimum absolute atomic E-state index is 0.211. The van der Waals surface area contributed by atoms with E-state index < -0.39 is 35.8 Å². The van der Waals surface area contributed by atoms with Crippen molar-refractivity contribution in [2.75, 3.05) is 0 Å². The van der Waals surface area contributed by atoms with Crippen LogP contribution in [-0.4, -0.2) is 80.9 Å². The Kier molecular flexibility index (Phi) is 41.1. The van der Waals surface area contributed by atoms with Gasteiger partial charge in [-0.2, -0.15) is 0 Å². The summed E-state index contributed by atoms with van der Waals surface area (Å²) in [5, 5.41) is 60.8. The van der Waals surface area contributed by atoms with Crippen molar-refractivity contribution in [3.8, 4) is 0 Å². The Morgan fingerprint density at radius 1 is 0.450 bits per heavy atom. The Morgan fingerprint density at radius 3 is 0.725 bits per heavy atom. The minimum atomic E-state index is -1.50. The van der Waals surface area contributed by atoms with E-state index in [1.54, 1.807) is 45.0 Å². The molecule has 0 N–H and O–H groups in total. The molecule has 0 rings (SSSR count). The molecule has 220 valence electrons. The van der Waals surface area contributed by atoms with Gasteiger partial charge in [0.15, 0.2) is 0 Å². The maximum atomic E-state index is 10.3. The summed E-state index contributed by atoms with van der Waals surface area (Å²) in [7, 11) is 0. The molecule has 0 saturated carbocycles. The average Bonchev–Trinajstić information content (AvgIpc) is 2.89. The van der Waals surface area contributed by atoms with Gasteiger partial charge in [-0.15, -0.1) is 0 Å². The summed E-state index contributed by atoms with van der Waals surface area (Å²) < 4.78 is 0. The summed E-state index contributed by atoms with van der Waals surface area (Å²) in [6.45, 7) is 5.64. The van der Waals surface area contributed by atoms with Gasteiger partial charge in [0.2, 0.25) is 0 Å². The monoisotopic (exact) mass is 780 g/mol. The van der Waals surface area contributed by atoms with Crippen LogP contribution in [0.4, 0.5) is 0 Å². The van der Waals surface area contributed by atoms with Gasteiger partial charge in [-0.25, -0.2) is 0 Å². The Morgan fingerprint density at radius 2 is 0.625 bits per heavy atom. The fourth-order valence-corrected chi connectivity index (χ4v) is 2.23. The second-order valence-corrected chi connectivity index (χ2v) is 7.14. The number of unbranched alkanes of at least 4 members (excludes halogenated alkanes) is 3. The van der Waals surface area contributed by atoms with Crippen LogP contribution in [0.3, 0.4) is 0 Å². The zero-order valence-electron chi connectivity index (χ0n) is 23.5. The number of aliphatic carboxylic acids is 6. The SMILES string of the molecule is CCCC/C(=C/C(=O)[O-])C(=O)[O-].CCCC/C(=C/C(=O)[O-])C(=O)[O-].CCCC/C(=C/C(=O)[O-])C(=O)[O-].[CH3][Sn+3].[CH3][Sn+3]. The molecule has 0 aliphatic carbocycles. The summed E-state index contributed by atoms with van der Waals surface area (Å²) in [5.41, 5.74) is -0.634. The second kappa shape index (κ2) is 34.7. The molecular formula is C26H36O12Sn2. The van der Waals surface area contributed by atoms with Gasteiger partial charge < -0.3 is 59.4 Å². The second-order valence-electron chi connectivity index (χ2n) is 7.14. The van der Waals surface area contributed by atoms with E-state index in [4.69, 9.17) is 0 Å². The van der Waals surface area contributed by atoms with Gasteiger partial charge in [0, 0.05) is 0 Å². The fourth-order valence-electron chi connectivity index (χ4n) is 2.23. The third-order valence-corrected chi connectivity index (χ3v) is 4.06. The van der Waals surface area contributed by atoms with E-state index >= 15 is 0 Å². The molecule has 0 amide bonds. The van der Waals surface area contributed by atoms with E-state index in [1.807, 2.05) is 20.8 Å². The molecular weight excluding hydrogens is 742 g/mol. The van der Waals surface area contributed by atoms with Crippen molar-refractivity contribution in [1.82, 2.24) is 0 Å². The molecule has 0 aromatic heterocycles. The van der Waals surface area contributed by atoms with E-state index in [-0.39, 0.29) is 36.0 Å². The summed E-state index contributed by atoms with van der Waals surface area (Å²) in [5.74, 6) is -8.80. The Balaban J connectivity index is -0.000000144. The number of hydrogen-bond donors (Lipinski definition) is 0. The van der Waals surface area contributed by atoms with Crippen molar-refractivity contribution in [2.45, 2.75) is 88.4 Å². The first-order valence-electron chi connectivity index (χ1n) is 12.1. The third kappa shape index (κ3) is 37.8. The first-order valence-corrected chi connectivity index (χ1v) is 17.8. The van der Waals surface area contributed by atoms with Crippen LogP contribution in [0.2, 0.25) is 9.88 Å². The van der Waals surface area contributed by atoms with Crippen LogP contribution >= 0.6 is 0 Å². The summed E-state index contributed by atoms with van der Waals surface area (Å²) in [6, 6.07) is 0. The predicted molar refractivity (Wildman–Crippen MR) is 136 cm³/mol. The van der Waals surface area contributed by atoms with Crippen molar-refractivity contribution >= 4 is 80.9 Å². The van der Waals surface area contributed by atoms with Gasteiger partial charge in [-0.3, -0.25) is 0 Å². The summed E-state index contributed by atoms with van der Waals surface area (Å²) in [4.78, 5) is 65.0. The van der Waals surface area contributed by atoms with Gasteiger partial charge in [0.25, 0.3) is 0 Å². The van der Waals surface area contributed by atoms with Crippen LogP contribution in [0.5, 0.6) is 0 Å². The van der Waals surface area contributed by atoms with E-state index in [0.29, 0.717) is 37.5 Å². The van der Waals surface area contributed by atoms with Crippen molar-refractivity contribution in [3.63, 3.8) is 0 Å². The van der Waals surface area contributed by atoms with Gasteiger partial charge in [-0.1, -0.05) is 40.0 Å². The molecule has 0 aliphatic heterocycles. The number of hydrogen-bond acceptors (Lipinski definition) is 12. The average molecular weight is 778 g/mol. The number of carboxylic acids is 6. The van der Waals surface area contributed by atoms with E-state index in [1.165, 1.54) is 0 Å². The molecule has 40 heavy (non-hydrogen) atoms. The topological polar surface area (TPSA) is 241 Å². The van der Waals surface area contributed by atoms with Gasteiger partial charge in [0.05, 0.1) is 35.8 Å². The van der Waals surface area contributed by atoms with Crippen LogP contribution in [0, 0.1) is 0 Å². The molecule has 0 aromatic rings. The molecule has 12 nitrogen and oxygen atoms in total. The molecule has 0 aromatic carbocycles. The van der Waals surface area contributed by atoms with Crippen molar-refractivity contribution in [1.29, 1.82) is 0 Å². The first kappa shape index (κ1) is 47.4. The van der Waals surface area contributed by atoms with Crippen molar-refractivity contribution in [2.24, 2.45) is 0 Å². The molecule has 0 spiro atoms. The van der Waals surface area contributed by atoms with E-state index in [0.717, 1.165) is 19.3 Å². The molecule has 0 atom stereocenters. The van der Waals surface area contributed by atoms with Crippen LogP contribution in [0.15, 0.2) is 34.9 Å². The zero-order valence-corrected chi connectivity index (χ0v) is 29.2. The summed E-state index contributed by atoms with van der Waals surface area (Å²) in [6.07, 6.45) is 6.67. The normalized spacial score (nSPS) is 10.5. The third-order valence-electron chi connectivity index (χ3n) is 4.06. The maximum absolute atomic E-state index is 10.3. The van der Waals surface area contributed by atoms with Gasteiger partial charge in [-0.05, 0) is 73.5 Å². The van der Waals surface area contributed by atoms with Crippen LogP contribution in [0.1, 0.15) is 78.6 Å². The molecule has 0 radical (unpaired) electrons. The molecule has 14 heteroatoms. The number of carbonyl (C=O) groups is 6. The number of rotatable bonds is 15. The standard InChI is InChI=1S/3C8H12O4.2CH3.2Sn/c3*1-2-3-4-6(8(11)12)5-7(9)10;;;;/h3*5H,2-4H2,1H3,(H,9,10)(H,11,12);2*1H3;;/q;;;;;2*+3/p-6/b3*6-5-;;;;. The van der Waals surface area contributed by atoms with Crippen LogP contribution in [0.25, 0.3) is 0 Å². The summed E-state index contributed by atoms with van der Waals surface area (Å²) >= 11 is 3.10. The fraction of sp³-hybridized carbons (Fsp3) is 0.538. The Bertz CT molecular complexity index is 737. The quantitative estimate of drug-likeness (QED) is 0.115. The Labute approximate surface area is 262 Å². The van der Waals surface area contributed by atoms with Crippen LogP contribution in [-0.2, 0) is 28.8 Å². The van der Waals surface area contributed by atoms with Gasteiger partial charge >= 0.3 is 54.9 Å². The van der Waals surface area contributed by atoms with Gasteiger partial charge in [0.1, 0.15) is 0 Å².